The van der Waals surface area contributed by atoms with Crippen LogP contribution in [-0.2, 0) is 11.2 Å². The fraction of sp³-hybridized carbons (Fsp3) is 0.150. The van der Waals surface area contributed by atoms with Crippen LogP contribution < -0.4 is 10.1 Å². The molecule has 0 fully saturated rings. The molecule has 6 heteroatoms. The summed E-state index contributed by atoms with van der Waals surface area (Å²) in [6.07, 6.45) is 0.241. The van der Waals surface area contributed by atoms with Gasteiger partial charge in [0.05, 0.1) is 18.7 Å². The summed E-state index contributed by atoms with van der Waals surface area (Å²) in [5.41, 5.74) is 2.58. The Morgan fingerprint density at radius 3 is 2.46 bits per heavy atom. The average molecular weight is 368 g/mol. The second kappa shape index (κ2) is 8.97. The zero-order valence-electron chi connectivity index (χ0n) is 14.1. The number of carbonyl (C=O) groups is 1. The van der Waals surface area contributed by atoms with Crippen molar-refractivity contribution < 1.29 is 9.53 Å². The third-order valence-corrected chi connectivity index (χ3v) is 4.06. The molecule has 0 aliphatic carbocycles. The van der Waals surface area contributed by atoms with E-state index in [0.717, 1.165) is 16.8 Å². The van der Waals surface area contributed by atoms with E-state index in [9.17, 15) is 4.79 Å². The van der Waals surface area contributed by atoms with Crippen LogP contribution in [0.15, 0.2) is 66.7 Å². The second-order valence-corrected chi connectivity index (χ2v) is 6.00. The number of nitrogens with one attached hydrogen (secondary N) is 1. The molecule has 0 saturated carbocycles. The van der Waals surface area contributed by atoms with Crippen molar-refractivity contribution in [3.63, 3.8) is 0 Å². The molecule has 0 radical (unpaired) electrons. The van der Waals surface area contributed by atoms with Crippen molar-refractivity contribution in [2.45, 2.75) is 6.42 Å². The molecule has 3 aromatic rings. The van der Waals surface area contributed by atoms with E-state index in [1.807, 2.05) is 54.6 Å². The van der Waals surface area contributed by atoms with Gasteiger partial charge in [-0.1, -0.05) is 60.1 Å². The van der Waals surface area contributed by atoms with Crippen LogP contribution >= 0.6 is 11.6 Å². The monoisotopic (exact) mass is 367 g/mol. The smallest absolute Gasteiger partial charge is 0.233 e. The van der Waals surface area contributed by atoms with Gasteiger partial charge in [0.2, 0.25) is 11.8 Å². The summed E-state index contributed by atoms with van der Waals surface area (Å²) in [6, 6.07) is 20.7. The summed E-state index contributed by atoms with van der Waals surface area (Å²) in [5.74, 6) is 0.317. The molecule has 1 N–H and O–H groups in total. The van der Waals surface area contributed by atoms with Crippen LogP contribution in [0.3, 0.4) is 0 Å². The molecular weight excluding hydrogens is 350 g/mol. The predicted molar refractivity (Wildman–Crippen MR) is 101 cm³/mol. The van der Waals surface area contributed by atoms with Gasteiger partial charge in [0.1, 0.15) is 6.61 Å². The summed E-state index contributed by atoms with van der Waals surface area (Å²) < 4.78 is 5.51. The quantitative estimate of drug-likeness (QED) is 0.649. The highest BCUT2D eigenvalue weighted by molar-refractivity contribution is 6.31. The van der Waals surface area contributed by atoms with Gasteiger partial charge in [0.25, 0.3) is 0 Å². The Hall–Kier alpha value is -2.92. The maximum Gasteiger partial charge on any atom is 0.233 e. The molecule has 132 valence electrons. The highest BCUT2D eigenvalue weighted by Gasteiger charge is 2.06. The van der Waals surface area contributed by atoms with Gasteiger partial charge in [0.15, 0.2) is 0 Å². The zero-order chi connectivity index (χ0) is 18.2. The first kappa shape index (κ1) is 17.9. The molecule has 0 atom stereocenters. The van der Waals surface area contributed by atoms with Crippen LogP contribution in [0.4, 0.5) is 0 Å². The number of aromatic nitrogens is 2. The Labute approximate surface area is 157 Å². The fourth-order valence-corrected chi connectivity index (χ4v) is 2.59. The van der Waals surface area contributed by atoms with Crippen molar-refractivity contribution in [2.75, 3.05) is 13.2 Å². The lowest BCUT2D eigenvalue weighted by Gasteiger charge is -2.08. The summed E-state index contributed by atoms with van der Waals surface area (Å²) in [5, 5.41) is 11.6. The number of benzene rings is 2. The SMILES string of the molecule is O=C(Cc1ccccc1Cl)NCCOc1ccc(-c2ccccc2)nn1. The Kier molecular flexibility index (Phi) is 6.17. The molecule has 1 amide bonds. The standard InChI is InChI=1S/C20H18ClN3O2/c21-17-9-5-4-8-16(17)14-19(25)22-12-13-26-20-11-10-18(23-24-20)15-6-2-1-3-7-15/h1-11H,12-14H2,(H,22,25). The molecule has 0 saturated heterocycles. The first-order valence-corrected chi connectivity index (χ1v) is 8.62. The maximum atomic E-state index is 11.9. The third-order valence-electron chi connectivity index (χ3n) is 3.69. The van der Waals surface area contributed by atoms with E-state index in [4.69, 9.17) is 16.3 Å². The minimum absolute atomic E-state index is 0.104. The van der Waals surface area contributed by atoms with Gasteiger partial charge in [-0.2, -0.15) is 0 Å². The van der Waals surface area contributed by atoms with Gasteiger partial charge in [0, 0.05) is 16.7 Å². The molecule has 0 spiro atoms. The molecule has 3 rings (SSSR count). The minimum atomic E-state index is -0.104. The molecule has 1 aromatic heterocycles. The van der Waals surface area contributed by atoms with Crippen LogP contribution in [0.25, 0.3) is 11.3 Å². The van der Waals surface area contributed by atoms with Crippen LogP contribution in [0.2, 0.25) is 5.02 Å². The number of carbonyl (C=O) groups excluding carboxylic acids is 1. The number of hydrogen-bond donors (Lipinski definition) is 1. The Morgan fingerprint density at radius 2 is 1.73 bits per heavy atom. The van der Waals surface area contributed by atoms with E-state index < -0.39 is 0 Å². The predicted octanol–water partition coefficient (Wildman–Crippen LogP) is 3.53. The number of amides is 1. The number of halogens is 1. The Morgan fingerprint density at radius 1 is 0.962 bits per heavy atom. The first-order valence-electron chi connectivity index (χ1n) is 8.24. The normalized spacial score (nSPS) is 10.3. The first-order chi connectivity index (χ1) is 12.7. The third kappa shape index (κ3) is 5.04. The average Bonchev–Trinajstić information content (AvgIpc) is 2.68. The number of hydrogen-bond acceptors (Lipinski definition) is 4. The number of ether oxygens (including phenoxy) is 1. The lowest BCUT2D eigenvalue weighted by Crippen LogP contribution is -2.29. The van der Waals surface area contributed by atoms with Crippen molar-refractivity contribution in [1.29, 1.82) is 0 Å². The van der Waals surface area contributed by atoms with Crippen molar-refractivity contribution in [2.24, 2.45) is 0 Å². The van der Waals surface area contributed by atoms with Crippen LogP contribution in [0.1, 0.15) is 5.56 Å². The van der Waals surface area contributed by atoms with Gasteiger partial charge < -0.3 is 10.1 Å². The second-order valence-electron chi connectivity index (χ2n) is 5.59. The van der Waals surface area contributed by atoms with Gasteiger partial charge in [-0.25, -0.2) is 0 Å². The minimum Gasteiger partial charge on any atom is -0.475 e. The molecule has 1 heterocycles. The van der Waals surface area contributed by atoms with E-state index in [0.29, 0.717) is 24.1 Å². The van der Waals surface area contributed by atoms with Crippen molar-refractivity contribution in [1.82, 2.24) is 15.5 Å². The van der Waals surface area contributed by atoms with Crippen molar-refractivity contribution >= 4 is 17.5 Å². The van der Waals surface area contributed by atoms with E-state index in [-0.39, 0.29) is 12.3 Å². The summed E-state index contributed by atoms with van der Waals surface area (Å²) in [6.45, 7) is 0.693. The van der Waals surface area contributed by atoms with Crippen LogP contribution in [-0.4, -0.2) is 29.3 Å². The molecule has 0 bridgehead atoms. The lowest BCUT2D eigenvalue weighted by atomic mass is 10.1. The van der Waals surface area contributed by atoms with E-state index in [2.05, 4.69) is 15.5 Å². The van der Waals surface area contributed by atoms with Gasteiger partial charge >= 0.3 is 0 Å². The Bertz CT molecular complexity index is 854. The van der Waals surface area contributed by atoms with Crippen molar-refractivity contribution in [3.05, 3.63) is 77.3 Å². The van der Waals surface area contributed by atoms with E-state index in [1.54, 1.807) is 12.1 Å². The summed E-state index contributed by atoms with van der Waals surface area (Å²) in [4.78, 5) is 11.9. The molecule has 5 nitrogen and oxygen atoms in total. The van der Waals surface area contributed by atoms with Gasteiger partial charge in [-0.15, -0.1) is 10.2 Å². The van der Waals surface area contributed by atoms with E-state index >= 15 is 0 Å². The number of nitrogens with zero attached hydrogens (tertiary/aromatic N) is 2. The van der Waals surface area contributed by atoms with Crippen LogP contribution in [0.5, 0.6) is 5.88 Å². The van der Waals surface area contributed by atoms with Crippen LogP contribution in [0, 0.1) is 0 Å². The molecule has 0 unspecified atom stereocenters. The van der Waals surface area contributed by atoms with Crippen molar-refractivity contribution in [3.8, 4) is 17.1 Å². The molecule has 0 aliphatic heterocycles. The zero-order valence-corrected chi connectivity index (χ0v) is 14.8. The maximum absolute atomic E-state index is 11.9. The largest absolute Gasteiger partial charge is 0.475 e. The highest BCUT2D eigenvalue weighted by Crippen LogP contribution is 2.17. The fourth-order valence-electron chi connectivity index (χ4n) is 2.38. The molecule has 2 aromatic carbocycles. The van der Waals surface area contributed by atoms with E-state index in [1.165, 1.54) is 0 Å². The summed E-state index contributed by atoms with van der Waals surface area (Å²) in [7, 11) is 0. The molecule has 26 heavy (non-hydrogen) atoms. The molecule has 0 aliphatic rings. The highest BCUT2D eigenvalue weighted by atomic mass is 35.5. The molecular formula is C20H18ClN3O2. The topological polar surface area (TPSA) is 64.1 Å². The Balaban J connectivity index is 1.42. The van der Waals surface area contributed by atoms with Gasteiger partial charge in [-0.3, -0.25) is 4.79 Å². The number of rotatable bonds is 7. The lowest BCUT2D eigenvalue weighted by molar-refractivity contribution is -0.120. The van der Waals surface area contributed by atoms with Gasteiger partial charge in [-0.05, 0) is 17.7 Å². The summed E-state index contributed by atoms with van der Waals surface area (Å²) >= 11 is 6.05.